The van der Waals surface area contributed by atoms with E-state index in [2.05, 4.69) is 16.0 Å². The third-order valence-electron chi connectivity index (χ3n) is 5.05. The van der Waals surface area contributed by atoms with E-state index in [1.165, 1.54) is 19.3 Å². The molecular weight excluding hydrogens is 376 g/mol. The second-order valence-electron chi connectivity index (χ2n) is 7.37. The zero-order chi connectivity index (χ0) is 19.3. The van der Waals surface area contributed by atoms with Crippen LogP contribution in [0, 0.1) is 0 Å². The maximum atomic E-state index is 11.9. The van der Waals surface area contributed by atoms with Gasteiger partial charge in [0.2, 0.25) is 5.91 Å². The number of urea groups is 1. The summed E-state index contributed by atoms with van der Waals surface area (Å²) in [5.74, 6) is 0.0318. The van der Waals surface area contributed by atoms with Gasteiger partial charge in [-0.1, -0.05) is 56.0 Å². The number of carbonyl (C=O) groups is 2. The molecule has 1 fully saturated rings. The van der Waals surface area contributed by atoms with E-state index in [0.29, 0.717) is 25.6 Å². The Balaban J connectivity index is 0.00000392. The summed E-state index contributed by atoms with van der Waals surface area (Å²) in [6.07, 6.45) is 9.01. The predicted molar refractivity (Wildman–Crippen MR) is 116 cm³/mol. The maximum absolute atomic E-state index is 11.9. The number of carbonyl (C=O) groups excluding carboxylic acids is 2. The van der Waals surface area contributed by atoms with Crippen LogP contribution in [0.4, 0.5) is 4.79 Å². The largest absolute Gasteiger partial charge is 0.354 e. The Bertz CT molecular complexity index is 565. The van der Waals surface area contributed by atoms with Crippen LogP contribution in [0.25, 0.3) is 0 Å². The molecule has 0 saturated heterocycles. The quantitative estimate of drug-likeness (QED) is 0.445. The molecule has 1 saturated carbocycles. The van der Waals surface area contributed by atoms with Crippen molar-refractivity contribution in [3.63, 3.8) is 0 Å². The zero-order valence-corrected chi connectivity index (χ0v) is 17.4. The Morgan fingerprint density at radius 2 is 1.71 bits per heavy atom. The van der Waals surface area contributed by atoms with E-state index in [4.69, 9.17) is 5.73 Å². The monoisotopic (exact) mass is 410 g/mol. The van der Waals surface area contributed by atoms with E-state index < -0.39 is 0 Å². The van der Waals surface area contributed by atoms with Gasteiger partial charge in [-0.3, -0.25) is 4.79 Å². The number of benzene rings is 1. The maximum Gasteiger partial charge on any atom is 0.315 e. The Labute approximate surface area is 174 Å². The van der Waals surface area contributed by atoms with Crippen LogP contribution >= 0.6 is 12.4 Å². The first-order valence-corrected chi connectivity index (χ1v) is 10.3. The molecule has 0 radical (unpaired) electrons. The summed E-state index contributed by atoms with van der Waals surface area (Å²) in [5, 5.41) is 8.84. The first-order valence-electron chi connectivity index (χ1n) is 10.3. The highest BCUT2D eigenvalue weighted by Gasteiger charge is 2.15. The molecule has 1 aliphatic rings. The van der Waals surface area contributed by atoms with Gasteiger partial charge in [0, 0.05) is 31.6 Å². The van der Waals surface area contributed by atoms with Crippen molar-refractivity contribution >= 4 is 24.3 Å². The van der Waals surface area contributed by atoms with E-state index in [1.54, 1.807) is 0 Å². The van der Waals surface area contributed by atoms with Gasteiger partial charge in [-0.05, 0) is 31.2 Å². The molecule has 158 valence electrons. The van der Waals surface area contributed by atoms with Crippen molar-refractivity contribution in [2.75, 3.05) is 13.1 Å². The normalized spacial score (nSPS) is 15.2. The van der Waals surface area contributed by atoms with Gasteiger partial charge < -0.3 is 21.7 Å². The van der Waals surface area contributed by atoms with Crippen LogP contribution in [0.1, 0.15) is 69.4 Å². The number of halogens is 1. The minimum absolute atomic E-state index is 0. The smallest absolute Gasteiger partial charge is 0.315 e. The van der Waals surface area contributed by atoms with E-state index >= 15 is 0 Å². The fourth-order valence-electron chi connectivity index (χ4n) is 3.40. The zero-order valence-electron chi connectivity index (χ0n) is 16.6. The van der Waals surface area contributed by atoms with E-state index in [1.807, 2.05) is 30.3 Å². The van der Waals surface area contributed by atoms with Crippen molar-refractivity contribution in [2.24, 2.45) is 5.73 Å². The van der Waals surface area contributed by atoms with Crippen LogP contribution in [-0.4, -0.2) is 31.1 Å². The molecule has 1 aromatic carbocycles. The molecular formula is C21H35ClN4O2. The van der Waals surface area contributed by atoms with Crippen molar-refractivity contribution in [2.45, 2.75) is 69.9 Å². The van der Waals surface area contributed by atoms with E-state index in [-0.39, 0.29) is 30.4 Å². The standard InChI is InChI=1S/C21H34N4O2.ClH/c22-19(17-10-4-1-5-11-17)16-24-20(26)14-8-3-9-15-23-21(27)25-18-12-6-2-7-13-18;/h1,4-5,10-11,18-19H,2-3,6-9,12-16,22H2,(H,24,26)(H2,23,25,27);1H. The van der Waals surface area contributed by atoms with E-state index in [9.17, 15) is 9.59 Å². The molecule has 0 heterocycles. The summed E-state index contributed by atoms with van der Waals surface area (Å²) in [7, 11) is 0. The van der Waals surface area contributed by atoms with Crippen molar-refractivity contribution < 1.29 is 9.59 Å². The molecule has 1 unspecified atom stereocenters. The molecule has 5 N–H and O–H groups in total. The van der Waals surface area contributed by atoms with Gasteiger partial charge in [0.25, 0.3) is 0 Å². The van der Waals surface area contributed by atoms with Crippen LogP contribution in [0.5, 0.6) is 0 Å². The van der Waals surface area contributed by atoms with Gasteiger partial charge in [0.1, 0.15) is 0 Å². The molecule has 1 aliphatic carbocycles. The molecule has 1 atom stereocenters. The minimum Gasteiger partial charge on any atom is -0.354 e. The summed E-state index contributed by atoms with van der Waals surface area (Å²) in [5.41, 5.74) is 7.10. The van der Waals surface area contributed by atoms with Gasteiger partial charge >= 0.3 is 6.03 Å². The van der Waals surface area contributed by atoms with Crippen molar-refractivity contribution in [1.29, 1.82) is 0 Å². The number of hydrogen-bond acceptors (Lipinski definition) is 3. The summed E-state index contributed by atoms with van der Waals surface area (Å²) >= 11 is 0. The highest BCUT2D eigenvalue weighted by Crippen LogP contribution is 2.17. The Morgan fingerprint density at radius 3 is 2.43 bits per heavy atom. The summed E-state index contributed by atoms with van der Waals surface area (Å²) < 4.78 is 0. The first kappa shape index (κ1) is 24.2. The molecule has 28 heavy (non-hydrogen) atoms. The summed E-state index contributed by atoms with van der Waals surface area (Å²) in [6.45, 7) is 1.10. The Morgan fingerprint density at radius 1 is 1.00 bits per heavy atom. The van der Waals surface area contributed by atoms with Gasteiger partial charge in [-0.15, -0.1) is 12.4 Å². The van der Waals surface area contributed by atoms with Crippen molar-refractivity contribution in [1.82, 2.24) is 16.0 Å². The van der Waals surface area contributed by atoms with Crippen LogP contribution in [-0.2, 0) is 4.79 Å². The number of rotatable bonds is 10. The van der Waals surface area contributed by atoms with Gasteiger partial charge in [-0.2, -0.15) is 0 Å². The number of nitrogens with one attached hydrogen (secondary N) is 3. The van der Waals surface area contributed by atoms with E-state index in [0.717, 1.165) is 37.7 Å². The molecule has 0 bridgehead atoms. The number of nitrogens with two attached hydrogens (primary N) is 1. The molecule has 0 aliphatic heterocycles. The molecule has 0 spiro atoms. The predicted octanol–water partition coefficient (Wildman–Crippen LogP) is 3.42. The van der Waals surface area contributed by atoms with Crippen LogP contribution in [0.15, 0.2) is 30.3 Å². The Hall–Kier alpha value is -1.79. The lowest BCUT2D eigenvalue weighted by Gasteiger charge is -2.22. The average Bonchev–Trinajstić information content (AvgIpc) is 2.70. The lowest BCUT2D eigenvalue weighted by Crippen LogP contribution is -2.43. The molecule has 7 heteroatoms. The molecule has 1 aromatic rings. The van der Waals surface area contributed by atoms with Crippen molar-refractivity contribution in [3.8, 4) is 0 Å². The number of amides is 3. The van der Waals surface area contributed by atoms with Crippen LogP contribution < -0.4 is 21.7 Å². The molecule has 0 aromatic heterocycles. The second-order valence-corrected chi connectivity index (χ2v) is 7.37. The van der Waals surface area contributed by atoms with Gasteiger partial charge in [0.05, 0.1) is 0 Å². The van der Waals surface area contributed by atoms with Crippen LogP contribution in [0.2, 0.25) is 0 Å². The topological polar surface area (TPSA) is 96.2 Å². The molecule has 6 nitrogen and oxygen atoms in total. The summed E-state index contributed by atoms with van der Waals surface area (Å²) in [4.78, 5) is 23.7. The van der Waals surface area contributed by atoms with Gasteiger partial charge in [-0.25, -0.2) is 4.79 Å². The lowest BCUT2D eigenvalue weighted by molar-refractivity contribution is -0.121. The fourth-order valence-corrected chi connectivity index (χ4v) is 3.40. The lowest BCUT2D eigenvalue weighted by atomic mass is 9.96. The first-order chi connectivity index (χ1) is 13.1. The number of hydrogen-bond donors (Lipinski definition) is 4. The van der Waals surface area contributed by atoms with Crippen LogP contribution in [0.3, 0.4) is 0 Å². The number of unbranched alkanes of at least 4 members (excludes halogenated alkanes) is 2. The highest BCUT2D eigenvalue weighted by molar-refractivity contribution is 5.85. The highest BCUT2D eigenvalue weighted by atomic mass is 35.5. The second kappa shape index (κ2) is 14.2. The molecule has 2 rings (SSSR count). The minimum atomic E-state index is -0.179. The Kier molecular flexibility index (Phi) is 12.3. The third kappa shape index (κ3) is 9.95. The molecule has 3 amide bonds. The average molecular weight is 411 g/mol. The fraction of sp³-hybridized carbons (Fsp3) is 0.619. The van der Waals surface area contributed by atoms with Gasteiger partial charge in [0.15, 0.2) is 0 Å². The third-order valence-corrected chi connectivity index (χ3v) is 5.05. The SMILES string of the molecule is Cl.NC(CNC(=O)CCCCCNC(=O)NC1CCCCC1)c1ccccc1. The van der Waals surface area contributed by atoms with Crippen molar-refractivity contribution in [3.05, 3.63) is 35.9 Å². The summed E-state index contributed by atoms with van der Waals surface area (Å²) in [6, 6.07) is 9.87.